The number of aromatic nitrogens is 3. The van der Waals surface area contributed by atoms with E-state index in [-0.39, 0.29) is 0 Å². The highest BCUT2D eigenvalue weighted by Crippen LogP contribution is 2.11. The van der Waals surface area contributed by atoms with Crippen LogP contribution in [0.15, 0.2) is 24.3 Å². The Morgan fingerprint density at radius 1 is 1.33 bits per heavy atom. The zero-order valence-corrected chi connectivity index (χ0v) is 11.9. The van der Waals surface area contributed by atoms with E-state index in [2.05, 4.69) is 30.0 Å². The molecule has 0 saturated heterocycles. The van der Waals surface area contributed by atoms with Crippen LogP contribution in [0.5, 0.6) is 0 Å². The van der Waals surface area contributed by atoms with Gasteiger partial charge >= 0.3 is 6.09 Å². The van der Waals surface area contributed by atoms with Crippen molar-refractivity contribution in [3.8, 4) is 0 Å². The van der Waals surface area contributed by atoms with Crippen LogP contribution in [-0.4, -0.2) is 35.8 Å². The monoisotopic (exact) mass is 263 g/mol. The molecule has 0 aliphatic rings. The van der Waals surface area contributed by atoms with Crippen LogP contribution in [0.1, 0.15) is 0 Å². The predicted octanol–water partition coefficient (Wildman–Crippen LogP) is 2.75. The first-order chi connectivity index (χ1) is 8.47. The fraction of sp³-hybridized carbons (Fsp3) is 0.417. The van der Waals surface area contributed by atoms with Gasteiger partial charge in [-0.25, -0.2) is 4.79 Å². The minimum atomic E-state index is -1.19. The average Bonchev–Trinajstić information content (AvgIpc) is 2.70. The molecule has 0 N–H and O–H groups in total. The third-order valence-corrected chi connectivity index (χ3v) is 4.31. The smallest absolute Gasteiger partial charge is 0.436 e. The highest BCUT2D eigenvalue weighted by molar-refractivity contribution is 6.76. The number of hydrogen-bond donors (Lipinski definition) is 0. The lowest BCUT2D eigenvalue weighted by atomic mass is 10.3. The zero-order chi connectivity index (χ0) is 13.2. The molecule has 0 amide bonds. The maximum Gasteiger partial charge on any atom is 0.436 e. The molecule has 0 aliphatic heterocycles. The molecular weight excluding hydrogens is 246 g/mol. The van der Waals surface area contributed by atoms with Crippen LogP contribution in [0.25, 0.3) is 11.0 Å². The molecule has 5 nitrogen and oxygen atoms in total. The molecule has 1 aromatic carbocycles. The summed E-state index contributed by atoms with van der Waals surface area (Å²) in [4.78, 5) is 11.9. The molecule has 18 heavy (non-hydrogen) atoms. The summed E-state index contributed by atoms with van der Waals surface area (Å²) < 4.78 is 6.43. The van der Waals surface area contributed by atoms with Crippen molar-refractivity contribution in [3.63, 3.8) is 0 Å². The van der Waals surface area contributed by atoms with Crippen molar-refractivity contribution >= 4 is 25.2 Å². The van der Waals surface area contributed by atoms with Gasteiger partial charge in [0.05, 0.1) is 6.61 Å². The molecule has 0 bridgehead atoms. The second-order valence-electron chi connectivity index (χ2n) is 5.41. The first-order valence-corrected chi connectivity index (χ1v) is 9.66. The number of carbonyl (C=O) groups excluding carboxylic acids is 1. The van der Waals surface area contributed by atoms with Crippen molar-refractivity contribution in [2.24, 2.45) is 0 Å². The largest absolute Gasteiger partial charge is 0.448 e. The van der Waals surface area contributed by atoms with E-state index in [0.29, 0.717) is 17.6 Å². The van der Waals surface area contributed by atoms with Crippen molar-refractivity contribution in [1.29, 1.82) is 0 Å². The van der Waals surface area contributed by atoms with Gasteiger partial charge < -0.3 is 4.74 Å². The molecule has 0 fully saturated rings. The van der Waals surface area contributed by atoms with E-state index in [1.165, 1.54) is 4.68 Å². The highest BCUT2D eigenvalue weighted by atomic mass is 28.3. The van der Waals surface area contributed by atoms with Crippen LogP contribution >= 0.6 is 0 Å². The molecule has 0 spiro atoms. The lowest BCUT2D eigenvalue weighted by molar-refractivity contribution is 0.150. The van der Waals surface area contributed by atoms with Gasteiger partial charge in [-0.15, -0.1) is 9.78 Å². The summed E-state index contributed by atoms with van der Waals surface area (Å²) in [6, 6.07) is 8.27. The number of carbonyl (C=O) groups is 1. The summed E-state index contributed by atoms with van der Waals surface area (Å²) in [5.41, 5.74) is 1.37. The lowest BCUT2D eigenvalue weighted by Gasteiger charge is -2.14. The van der Waals surface area contributed by atoms with Gasteiger partial charge in [0.15, 0.2) is 0 Å². The summed E-state index contributed by atoms with van der Waals surface area (Å²) >= 11 is 0. The summed E-state index contributed by atoms with van der Waals surface area (Å²) in [6.45, 7) is 7.17. The van der Waals surface area contributed by atoms with Gasteiger partial charge in [-0.05, 0) is 18.2 Å². The van der Waals surface area contributed by atoms with Crippen molar-refractivity contribution in [3.05, 3.63) is 24.3 Å². The maximum atomic E-state index is 11.9. The van der Waals surface area contributed by atoms with E-state index in [0.717, 1.165) is 6.04 Å². The molecule has 2 rings (SSSR count). The number of para-hydroxylation sites is 1. The minimum absolute atomic E-state index is 0.447. The molecule has 0 saturated carbocycles. The number of hydrogen-bond acceptors (Lipinski definition) is 4. The van der Waals surface area contributed by atoms with Crippen molar-refractivity contribution < 1.29 is 9.53 Å². The SMILES string of the molecule is C[Si](C)(C)CCOC(=O)n1nnc2ccccc21. The first-order valence-electron chi connectivity index (χ1n) is 5.95. The summed E-state index contributed by atoms with van der Waals surface area (Å²) in [5, 5.41) is 7.73. The Balaban J connectivity index is 2.05. The van der Waals surface area contributed by atoms with E-state index in [4.69, 9.17) is 4.74 Å². The second-order valence-corrected chi connectivity index (χ2v) is 11.0. The van der Waals surface area contributed by atoms with Crippen LogP contribution in [0.4, 0.5) is 4.79 Å². The number of fused-ring (bicyclic) bond motifs is 1. The average molecular weight is 263 g/mol. The second kappa shape index (κ2) is 4.89. The van der Waals surface area contributed by atoms with Gasteiger partial charge in [0.25, 0.3) is 0 Å². The van der Waals surface area contributed by atoms with E-state index in [1.54, 1.807) is 6.07 Å². The third kappa shape index (κ3) is 2.95. The Morgan fingerprint density at radius 3 is 2.78 bits per heavy atom. The number of benzene rings is 1. The lowest BCUT2D eigenvalue weighted by Crippen LogP contribution is -2.24. The predicted molar refractivity (Wildman–Crippen MR) is 72.4 cm³/mol. The summed E-state index contributed by atoms with van der Waals surface area (Å²) in [5.74, 6) is 0. The van der Waals surface area contributed by atoms with E-state index >= 15 is 0 Å². The van der Waals surface area contributed by atoms with E-state index in [1.807, 2.05) is 18.2 Å². The summed E-state index contributed by atoms with van der Waals surface area (Å²) in [6.07, 6.45) is -0.457. The van der Waals surface area contributed by atoms with Gasteiger partial charge in [-0.1, -0.05) is 37.0 Å². The zero-order valence-electron chi connectivity index (χ0n) is 10.9. The van der Waals surface area contributed by atoms with E-state index < -0.39 is 14.2 Å². The molecule has 2 aromatic rings. The van der Waals surface area contributed by atoms with Crippen LogP contribution in [0.3, 0.4) is 0 Å². The van der Waals surface area contributed by atoms with Gasteiger partial charge in [0.2, 0.25) is 0 Å². The van der Waals surface area contributed by atoms with Crippen molar-refractivity contribution in [2.75, 3.05) is 6.61 Å². The standard InChI is InChI=1S/C12H17N3O2Si/c1-18(2,3)9-8-17-12(16)15-11-7-5-4-6-10(11)13-14-15/h4-7H,8-9H2,1-3H3. The quantitative estimate of drug-likeness (QED) is 0.799. The molecule has 0 atom stereocenters. The van der Waals surface area contributed by atoms with Crippen molar-refractivity contribution in [2.45, 2.75) is 25.7 Å². The van der Waals surface area contributed by atoms with Gasteiger partial charge in [0, 0.05) is 8.07 Å². The van der Waals surface area contributed by atoms with Gasteiger partial charge in [-0.2, -0.15) is 0 Å². The number of rotatable bonds is 3. The van der Waals surface area contributed by atoms with Gasteiger partial charge in [-0.3, -0.25) is 0 Å². The topological polar surface area (TPSA) is 57.0 Å². The molecular formula is C12H17N3O2Si. The Kier molecular flexibility index (Phi) is 3.47. The third-order valence-electron chi connectivity index (χ3n) is 2.60. The first kappa shape index (κ1) is 12.8. The van der Waals surface area contributed by atoms with Crippen LogP contribution in [0.2, 0.25) is 25.7 Å². The fourth-order valence-corrected chi connectivity index (χ4v) is 2.22. The highest BCUT2D eigenvalue weighted by Gasteiger charge is 2.16. The Labute approximate surface area is 107 Å². The molecule has 0 radical (unpaired) electrons. The Hall–Kier alpha value is -1.69. The minimum Gasteiger partial charge on any atom is -0.448 e. The fourth-order valence-electron chi connectivity index (χ4n) is 1.51. The Bertz CT molecular complexity index is 560. The maximum absolute atomic E-state index is 11.9. The molecule has 0 aliphatic carbocycles. The van der Waals surface area contributed by atoms with Crippen molar-refractivity contribution in [1.82, 2.24) is 15.0 Å². The molecule has 96 valence electrons. The summed E-state index contributed by atoms with van der Waals surface area (Å²) in [7, 11) is -1.19. The molecule has 1 aromatic heterocycles. The van der Waals surface area contributed by atoms with E-state index in [9.17, 15) is 4.79 Å². The van der Waals surface area contributed by atoms with Crippen LogP contribution in [-0.2, 0) is 4.74 Å². The van der Waals surface area contributed by atoms with Crippen LogP contribution < -0.4 is 0 Å². The Morgan fingerprint density at radius 2 is 2.06 bits per heavy atom. The molecule has 6 heteroatoms. The van der Waals surface area contributed by atoms with Crippen LogP contribution in [0, 0.1) is 0 Å². The normalized spacial score (nSPS) is 11.7. The number of ether oxygens (including phenoxy) is 1. The molecule has 0 unspecified atom stereocenters. The van der Waals surface area contributed by atoms with Gasteiger partial charge in [0.1, 0.15) is 11.0 Å². The number of nitrogens with zero attached hydrogens (tertiary/aromatic N) is 3. The molecule has 1 heterocycles.